The number of nitrogens with zero attached hydrogens (tertiary/aromatic N) is 3. The van der Waals surface area contributed by atoms with Crippen LogP contribution in [0.4, 0.5) is 39.8 Å². The van der Waals surface area contributed by atoms with E-state index in [-0.39, 0.29) is 0 Å². The number of hydrogen-bond donors (Lipinski definition) is 0. The van der Waals surface area contributed by atoms with Crippen molar-refractivity contribution in [2.24, 2.45) is 0 Å². The van der Waals surface area contributed by atoms with Gasteiger partial charge in [-0.15, -0.1) is 0 Å². The number of hydrogen-bond acceptors (Lipinski definition) is 2. The zero-order valence-corrected chi connectivity index (χ0v) is 35.2. The van der Waals surface area contributed by atoms with Gasteiger partial charge < -0.3 is 9.80 Å². The minimum Gasteiger partial charge on any atom is -0.308 e. The fourth-order valence-electron chi connectivity index (χ4n) is 8.48. The Morgan fingerprint density at radius 2 is 0.484 bits per heavy atom. The molecule has 0 unspecified atom stereocenters. The zero-order chi connectivity index (χ0) is 43.1. The second kappa shape index (κ2) is 18.1. The molecule has 302 valence electrons. The minimum atomic E-state index is 0.589. The first-order valence-electron chi connectivity index (χ1n) is 21.5. The monoisotopic (exact) mass is 817 g/mol. The lowest BCUT2D eigenvalue weighted by Crippen LogP contribution is -2.17. The molecule has 0 spiro atoms. The third kappa shape index (κ3) is 8.20. The molecule has 0 bridgehead atoms. The molecule has 3 nitrogen and oxygen atoms in total. The molecule has 10 aromatic rings. The topological polar surface area (TPSA) is 10.8 Å². The Hall–Kier alpha value is -8.71. The summed E-state index contributed by atoms with van der Waals surface area (Å²) in [5.74, 6) is 0. The average Bonchev–Trinajstić information content (AvgIpc) is 3.39. The molecule has 0 saturated carbocycles. The van der Waals surface area contributed by atoms with E-state index in [2.05, 4.69) is 257 Å². The van der Waals surface area contributed by atoms with Crippen molar-refractivity contribution >= 4 is 39.8 Å². The third-order valence-corrected chi connectivity index (χ3v) is 11.7. The number of rotatable bonds is 11. The summed E-state index contributed by atoms with van der Waals surface area (Å²) < 4.78 is 0. The Labute approximate surface area is 375 Å². The summed E-state index contributed by atoms with van der Waals surface area (Å²) in [5.41, 5.74) is 17.9. The van der Waals surface area contributed by atoms with Crippen LogP contribution in [0.5, 0.6) is 0 Å². The normalized spacial score (nSPS) is 10.8. The Balaban J connectivity index is 1.26. The van der Waals surface area contributed by atoms with E-state index < -0.39 is 0 Å². The average molecular weight is 818 g/mol. The first-order chi connectivity index (χ1) is 31.7. The number of benzene rings is 10. The third-order valence-electron chi connectivity index (χ3n) is 11.7. The maximum absolute atomic E-state index is 7.81. The lowest BCUT2D eigenvalue weighted by atomic mass is 9.92. The van der Waals surface area contributed by atoms with Crippen LogP contribution in [0, 0.1) is 6.57 Å². The molecule has 0 N–H and O–H groups in total. The maximum atomic E-state index is 7.81. The van der Waals surface area contributed by atoms with E-state index in [1.807, 2.05) is 18.2 Å². The lowest BCUT2D eigenvalue weighted by molar-refractivity contribution is 1.23. The predicted molar refractivity (Wildman–Crippen MR) is 269 cm³/mol. The fourth-order valence-corrected chi connectivity index (χ4v) is 8.48. The minimum absolute atomic E-state index is 0.589. The van der Waals surface area contributed by atoms with Gasteiger partial charge in [0, 0.05) is 22.7 Å². The van der Waals surface area contributed by atoms with Crippen molar-refractivity contribution in [2.45, 2.75) is 0 Å². The van der Waals surface area contributed by atoms with Gasteiger partial charge in [0.25, 0.3) is 0 Å². The Kier molecular flexibility index (Phi) is 11.2. The van der Waals surface area contributed by atoms with Crippen molar-refractivity contribution in [2.75, 3.05) is 9.80 Å². The van der Waals surface area contributed by atoms with Crippen LogP contribution in [-0.4, -0.2) is 0 Å². The van der Waals surface area contributed by atoms with Gasteiger partial charge in [0.2, 0.25) is 0 Å². The van der Waals surface area contributed by atoms with Crippen LogP contribution in [0.25, 0.3) is 60.5 Å². The van der Waals surface area contributed by atoms with Gasteiger partial charge in [-0.25, -0.2) is 4.85 Å². The summed E-state index contributed by atoms with van der Waals surface area (Å²) in [4.78, 5) is 8.49. The molecule has 0 saturated heterocycles. The molecule has 10 aromatic carbocycles. The molecule has 64 heavy (non-hydrogen) atoms. The van der Waals surface area contributed by atoms with Crippen molar-refractivity contribution in [3.05, 3.63) is 272 Å². The van der Waals surface area contributed by atoms with E-state index in [9.17, 15) is 0 Å². The summed E-state index contributed by atoms with van der Waals surface area (Å²) in [6, 6.07) is 92.2. The quantitative estimate of drug-likeness (QED) is 0.120. The van der Waals surface area contributed by atoms with Crippen LogP contribution < -0.4 is 9.80 Å². The lowest BCUT2D eigenvalue weighted by Gasteiger charge is -2.34. The number of anilines is 6. The molecule has 0 aliphatic rings. The Morgan fingerprint density at radius 1 is 0.250 bits per heavy atom. The van der Waals surface area contributed by atoms with Crippen molar-refractivity contribution in [1.82, 2.24) is 0 Å². The van der Waals surface area contributed by atoms with Gasteiger partial charge in [0.05, 0.1) is 17.9 Å². The van der Waals surface area contributed by atoms with Crippen LogP contribution in [0.3, 0.4) is 0 Å². The Morgan fingerprint density at radius 3 is 0.750 bits per heavy atom. The molecule has 0 amide bonds. The molecular formula is C61H43N3. The van der Waals surface area contributed by atoms with E-state index in [0.717, 1.165) is 78.6 Å². The highest BCUT2D eigenvalue weighted by atomic mass is 15.2. The highest BCUT2D eigenvalue weighted by Crippen LogP contribution is 2.51. The smallest absolute Gasteiger partial charge is 0.187 e. The van der Waals surface area contributed by atoms with Crippen molar-refractivity contribution in [1.29, 1.82) is 0 Å². The highest BCUT2D eigenvalue weighted by molar-refractivity contribution is 5.99. The standard InChI is InChI=1S/C61H43N3/c1-62-53-33-41-57(42-34-53)64(56-39-31-50(32-40-56)47-21-11-4-12-22-47)61-44-59(52-25-15-6-16-26-52)58(51-23-13-5-14-24-51)43-60(61)63(54-35-27-48(28-36-54)45-17-7-2-8-18-45)55-37-29-49(30-38-55)46-19-9-3-10-20-46/h2-44H. The predicted octanol–water partition coefficient (Wildman–Crippen LogP) is 17.5. The molecule has 0 radical (unpaired) electrons. The van der Waals surface area contributed by atoms with Gasteiger partial charge in [-0.2, -0.15) is 0 Å². The molecule has 0 aliphatic carbocycles. The second-order valence-electron chi connectivity index (χ2n) is 15.7. The SMILES string of the molecule is [C-]#[N+]c1ccc(N(c2ccc(-c3ccccc3)cc2)c2cc(-c3ccccc3)c(-c3ccccc3)cc2N(c2ccc(-c3ccccc3)cc2)c2ccc(-c3ccccc3)cc2)cc1. The summed E-state index contributed by atoms with van der Waals surface area (Å²) in [6.07, 6.45) is 0. The fraction of sp³-hybridized carbons (Fsp3) is 0. The van der Waals surface area contributed by atoms with Crippen molar-refractivity contribution < 1.29 is 0 Å². The van der Waals surface area contributed by atoms with Gasteiger partial charge in [-0.3, -0.25) is 0 Å². The molecule has 0 aliphatic heterocycles. The van der Waals surface area contributed by atoms with Gasteiger partial charge >= 0.3 is 0 Å². The molecule has 3 heteroatoms. The summed E-state index contributed by atoms with van der Waals surface area (Å²) in [7, 11) is 0. The van der Waals surface area contributed by atoms with Gasteiger partial charge in [0.15, 0.2) is 5.69 Å². The van der Waals surface area contributed by atoms with Crippen LogP contribution in [0.1, 0.15) is 0 Å². The van der Waals surface area contributed by atoms with Gasteiger partial charge in [-0.1, -0.05) is 200 Å². The van der Waals surface area contributed by atoms with Crippen LogP contribution in [0.15, 0.2) is 261 Å². The van der Waals surface area contributed by atoms with Crippen LogP contribution >= 0.6 is 0 Å². The maximum Gasteiger partial charge on any atom is 0.187 e. The second-order valence-corrected chi connectivity index (χ2v) is 15.7. The van der Waals surface area contributed by atoms with E-state index in [1.54, 1.807) is 0 Å². The van der Waals surface area contributed by atoms with E-state index in [0.29, 0.717) is 5.69 Å². The summed E-state index contributed by atoms with van der Waals surface area (Å²) >= 11 is 0. The highest BCUT2D eigenvalue weighted by Gasteiger charge is 2.26. The molecule has 10 rings (SSSR count). The van der Waals surface area contributed by atoms with Crippen molar-refractivity contribution in [3.63, 3.8) is 0 Å². The largest absolute Gasteiger partial charge is 0.308 e. The molecule has 0 aromatic heterocycles. The molecule has 0 atom stereocenters. The molecule has 0 heterocycles. The van der Waals surface area contributed by atoms with Crippen LogP contribution in [-0.2, 0) is 0 Å². The first kappa shape index (κ1) is 39.4. The summed E-state index contributed by atoms with van der Waals surface area (Å²) in [6.45, 7) is 7.81. The van der Waals surface area contributed by atoms with Gasteiger partial charge in [-0.05, 0) is 116 Å². The summed E-state index contributed by atoms with van der Waals surface area (Å²) in [5, 5.41) is 0. The zero-order valence-electron chi connectivity index (χ0n) is 35.2. The van der Waals surface area contributed by atoms with E-state index in [1.165, 1.54) is 11.1 Å². The van der Waals surface area contributed by atoms with Crippen molar-refractivity contribution in [3.8, 4) is 55.6 Å². The van der Waals surface area contributed by atoms with E-state index in [4.69, 9.17) is 6.57 Å². The van der Waals surface area contributed by atoms with Crippen LogP contribution in [0.2, 0.25) is 0 Å². The van der Waals surface area contributed by atoms with E-state index >= 15 is 0 Å². The Bertz CT molecular complexity index is 3060. The first-order valence-corrected chi connectivity index (χ1v) is 21.5. The molecular weight excluding hydrogens is 775 g/mol. The van der Waals surface area contributed by atoms with Gasteiger partial charge in [0.1, 0.15) is 0 Å². The molecule has 0 fully saturated rings.